The first kappa shape index (κ1) is 16.1. The van der Waals surface area contributed by atoms with Crippen LogP contribution in [-0.2, 0) is 0 Å². The maximum Gasteiger partial charge on any atom is 0.274 e. The van der Waals surface area contributed by atoms with Gasteiger partial charge in [0.1, 0.15) is 11.5 Å². The van der Waals surface area contributed by atoms with Gasteiger partial charge in [-0.25, -0.2) is 14.4 Å². The van der Waals surface area contributed by atoms with Gasteiger partial charge >= 0.3 is 0 Å². The van der Waals surface area contributed by atoms with Crippen molar-refractivity contribution in [2.24, 2.45) is 0 Å². The third kappa shape index (κ3) is 3.66. The summed E-state index contributed by atoms with van der Waals surface area (Å²) in [6, 6.07) is 9.79. The number of aromatic nitrogens is 3. The molecule has 1 amide bonds. The Morgan fingerprint density at radius 1 is 1.08 bits per heavy atom. The Hall–Kier alpha value is -3.35. The van der Waals surface area contributed by atoms with Crippen molar-refractivity contribution in [1.82, 2.24) is 15.0 Å². The number of benzene rings is 1. The number of rotatable bonds is 5. The Balaban J connectivity index is 1.57. The number of nitrogens with one attached hydrogen (secondary N) is 2. The minimum Gasteiger partial charge on any atom is -0.351 e. The summed E-state index contributed by atoms with van der Waals surface area (Å²) in [6.45, 7) is 0. The lowest BCUT2D eigenvalue weighted by Crippen LogP contribution is -2.16. The zero-order valence-electron chi connectivity index (χ0n) is 13.8. The van der Waals surface area contributed by atoms with Gasteiger partial charge in [-0.1, -0.05) is 12.1 Å². The highest BCUT2D eigenvalue weighted by molar-refractivity contribution is 6.05. The van der Waals surface area contributed by atoms with Gasteiger partial charge in [-0.15, -0.1) is 0 Å². The first-order valence-electron chi connectivity index (χ1n) is 8.30. The van der Waals surface area contributed by atoms with Crippen LogP contribution in [0.5, 0.6) is 0 Å². The largest absolute Gasteiger partial charge is 0.351 e. The van der Waals surface area contributed by atoms with Gasteiger partial charge in [0.15, 0.2) is 0 Å². The maximum atomic E-state index is 13.2. The van der Waals surface area contributed by atoms with E-state index in [9.17, 15) is 9.18 Å². The van der Waals surface area contributed by atoms with Crippen molar-refractivity contribution in [2.75, 3.05) is 10.6 Å². The number of carbonyl (C=O) groups excluding carboxylic acids is 1. The first-order valence-corrected chi connectivity index (χ1v) is 8.30. The molecule has 2 N–H and O–H groups in total. The van der Waals surface area contributed by atoms with Crippen molar-refractivity contribution in [3.8, 4) is 11.1 Å². The van der Waals surface area contributed by atoms with Crippen LogP contribution in [-0.4, -0.2) is 26.9 Å². The Morgan fingerprint density at radius 2 is 1.88 bits per heavy atom. The molecule has 1 aromatic carbocycles. The summed E-state index contributed by atoms with van der Waals surface area (Å²) >= 11 is 0. The van der Waals surface area contributed by atoms with Crippen molar-refractivity contribution in [3.63, 3.8) is 0 Å². The predicted molar refractivity (Wildman–Crippen MR) is 96.3 cm³/mol. The summed E-state index contributed by atoms with van der Waals surface area (Å²) in [6.07, 6.45) is 6.92. The molecule has 2 heterocycles. The van der Waals surface area contributed by atoms with Crippen LogP contribution < -0.4 is 10.6 Å². The van der Waals surface area contributed by atoms with E-state index in [1.54, 1.807) is 42.9 Å². The van der Waals surface area contributed by atoms with E-state index in [2.05, 4.69) is 25.6 Å². The zero-order chi connectivity index (χ0) is 17.9. The second kappa shape index (κ2) is 6.87. The van der Waals surface area contributed by atoms with Crippen LogP contribution in [0.2, 0.25) is 0 Å². The van der Waals surface area contributed by atoms with E-state index in [1.165, 1.54) is 12.1 Å². The van der Waals surface area contributed by atoms with E-state index in [-0.39, 0.29) is 17.4 Å². The number of halogens is 1. The SMILES string of the molecule is O=C(Nc1cnccc1-c1ccc(F)cc1)c1ccnc(NC2CC2)n1. The smallest absolute Gasteiger partial charge is 0.274 e. The summed E-state index contributed by atoms with van der Waals surface area (Å²) in [5.74, 6) is -0.224. The topological polar surface area (TPSA) is 79.8 Å². The van der Waals surface area contributed by atoms with E-state index < -0.39 is 0 Å². The van der Waals surface area contributed by atoms with Crippen molar-refractivity contribution < 1.29 is 9.18 Å². The fourth-order valence-electron chi connectivity index (χ4n) is 2.53. The highest BCUT2D eigenvalue weighted by atomic mass is 19.1. The van der Waals surface area contributed by atoms with Gasteiger partial charge in [-0.05, 0) is 42.7 Å². The molecule has 1 aliphatic rings. The van der Waals surface area contributed by atoms with Gasteiger partial charge in [0.2, 0.25) is 5.95 Å². The molecule has 26 heavy (non-hydrogen) atoms. The second-order valence-corrected chi connectivity index (χ2v) is 6.07. The number of pyridine rings is 1. The second-order valence-electron chi connectivity index (χ2n) is 6.07. The molecule has 0 bridgehead atoms. The average molecular weight is 349 g/mol. The van der Waals surface area contributed by atoms with E-state index in [4.69, 9.17) is 0 Å². The third-order valence-electron chi connectivity index (χ3n) is 4.02. The van der Waals surface area contributed by atoms with Crippen LogP contribution in [0.3, 0.4) is 0 Å². The molecule has 6 nitrogen and oxygen atoms in total. The Kier molecular flexibility index (Phi) is 4.27. The standard InChI is InChI=1S/C19H16FN5O/c20-13-3-1-12(2-4-13)15-7-9-21-11-17(15)24-18(26)16-8-10-22-19(25-16)23-14-5-6-14/h1-4,7-11,14H,5-6H2,(H,24,26)(H,22,23,25). The number of hydrogen-bond acceptors (Lipinski definition) is 5. The Morgan fingerprint density at radius 3 is 2.65 bits per heavy atom. The quantitative estimate of drug-likeness (QED) is 0.737. The average Bonchev–Trinajstić information content (AvgIpc) is 3.47. The van der Waals surface area contributed by atoms with E-state index in [0.717, 1.165) is 24.0 Å². The van der Waals surface area contributed by atoms with Crippen LogP contribution >= 0.6 is 0 Å². The van der Waals surface area contributed by atoms with Gasteiger partial charge in [0.05, 0.1) is 11.9 Å². The first-order chi connectivity index (χ1) is 12.7. The molecule has 4 rings (SSSR count). The van der Waals surface area contributed by atoms with Gasteiger partial charge in [0, 0.05) is 24.0 Å². The molecule has 1 saturated carbocycles. The molecule has 2 aromatic heterocycles. The lowest BCUT2D eigenvalue weighted by Gasteiger charge is -2.11. The molecular weight excluding hydrogens is 333 g/mol. The molecule has 0 radical (unpaired) electrons. The van der Waals surface area contributed by atoms with Crippen molar-refractivity contribution in [3.05, 3.63) is 66.5 Å². The summed E-state index contributed by atoms with van der Waals surface area (Å²) in [4.78, 5) is 25.0. The van der Waals surface area contributed by atoms with E-state index >= 15 is 0 Å². The molecule has 0 saturated heterocycles. The van der Waals surface area contributed by atoms with Crippen molar-refractivity contribution in [2.45, 2.75) is 18.9 Å². The lowest BCUT2D eigenvalue weighted by molar-refractivity contribution is 0.102. The molecule has 0 aliphatic heterocycles. The van der Waals surface area contributed by atoms with Crippen LogP contribution in [0, 0.1) is 5.82 Å². The molecule has 1 aliphatic carbocycles. The van der Waals surface area contributed by atoms with E-state index in [0.29, 0.717) is 17.7 Å². The minimum absolute atomic E-state index is 0.261. The highest BCUT2D eigenvalue weighted by Crippen LogP contribution is 2.27. The molecular formula is C19H16FN5O. The van der Waals surface area contributed by atoms with Crippen LogP contribution in [0.1, 0.15) is 23.3 Å². The van der Waals surface area contributed by atoms with Crippen LogP contribution in [0.25, 0.3) is 11.1 Å². The van der Waals surface area contributed by atoms with Crippen LogP contribution in [0.4, 0.5) is 16.0 Å². The maximum absolute atomic E-state index is 13.2. The van der Waals surface area contributed by atoms with Gasteiger partial charge in [-0.3, -0.25) is 9.78 Å². The molecule has 7 heteroatoms. The molecule has 130 valence electrons. The Labute approximate surface area is 149 Å². The highest BCUT2D eigenvalue weighted by Gasteiger charge is 2.22. The number of amides is 1. The molecule has 0 atom stereocenters. The fourth-order valence-corrected chi connectivity index (χ4v) is 2.53. The van der Waals surface area contributed by atoms with Gasteiger partial charge < -0.3 is 10.6 Å². The molecule has 3 aromatic rings. The predicted octanol–water partition coefficient (Wildman–Crippen LogP) is 3.50. The van der Waals surface area contributed by atoms with Crippen molar-refractivity contribution >= 4 is 17.5 Å². The number of hydrogen-bond donors (Lipinski definition) is 2. The number of nitrogens with zero attached hydrogens (tertiary/aromatic N) is 3. The van der Waals surface area contributed by atoms with Gasteiger partial charge in [-0.2, -0.15) is 0 Å². The normalized spacial score (nSPS) is 13.3. The fraction of sp³-hybridized carbons (Fsp3) is 0.158. The zero-order valence-corrected chi connectivity index (χ0v) is 13.8. The van der Waals surface area contributed by atoms with E-state index in [1.807, 2.05) is 0 Å². The molecule has 0 unspecified atom stereocenters. The Bertz CT molecular complexity index is 941. The summed E-state index contributed by atoms with van der Waals surface area (Å²) in [5.41, 5.74) is 2.32. The van der Waals surface area contributed by atoms with Crippen molar-refractivity contribution in [1.29, 1.82) is 0 Å². The molecule has 1 fully saturated rings. The number of anilines is 2. The summed E-state index contributed by atoms with van der Waals surface area (Å²) in [7, 11) is 0. The van der Waals surface area contributed by atoms with Crippen LogP contribution in [0.15, 0.2) is 55.0 Å². The number of carbonyl (C=O) groups is 1. The monoisotopic (exact) mass is 349 g/mol. The summed E-state index contributed by atoms with van der Waals surface area (Å²) < 4.78 is 13.2. The minimum atomic E-state index is -0.359. The molecule has 0 spiro atoms. The van der Waals surface area contributed by atoms with Gasteiger partial charge in [0.25, 0.3) is 5.91 Å². The third-order valence-corrected chi connectivity index (χ3v) is 4.02. The lowest BCUT2D eigenvalue weighted by atomic mass is 10.1. The summed E-state index contributed by atoms with van der Waals surface area (Å²) in [5, 5.41) is 5.99.